The molecule has 0 spiro atoms. The summed E-state index contributed by atoms with van der Waals surface area (Å²) < 4.78 is 0. The average molecular weight is 255 g/mol. The Balaban J connectivity index is 1.98. The quantitative estimate of drug-likeness (QED) is 0.880. The zero-order valence-electron chi connectivity index (χ0n) is 10.1. The van der Waals surface area contributed by atoms with Crippen molar-refractivity contribution in [1.82, 2.24) is 9.88 Å². The van der Waals surface area contributed by atoms with Crippen molar-refractivity contribution >= 4 is 22.4 Å². The molecule has 1 aliphatic heterocycles. The Morgan fingerprint density at radius 2 is 2.53 bits per heavy atom. The number of likely N-dealkylation sites (tertiary alicyclic amines) is 1. The lowest BCUT2D eigenvalue weighted by atomic mass is 10.2. The Morgan fingerprint density at radius 1 is 1.76 bits per heavy atom. The predicted molar refractivity (Wildman–Crippen MR) is 68.0 cm³/mol. The molecule has 17 heavy (non-hydrogen) atoms. The van der Waals surface area contributed by atoms with Gasteiger partial charge in [0, 0.05) is 19.6 Å². The van der Waals surface area contributed by atoms with Gasteiger partial charge >= 0.3 is 5.97 Å². The number of hydrogen-bond donors (Lipinski definition) is 1. The van der Waals surface area contributed by atoms with E-state index in [4.69, 9.17) is 5.11 Å². The summed E-state index contributed by atoms with van der Waals surface area (Å²) in [4.78, 5) is 19.6. The Labute approximate surface area is 105 Å². The number of carboxylic acids is 1. The van der Waals surface area contributed by atoms with Crippen molar-refractivity contribution in [1.29, 1.82) is 0 Å². The summed E-state index contributed by atoms with van der Waals surface area (Å²) >= 11 is 1.23. The van der Waals surface area contributed by atoms with E-state index >= 15 is 0 Å². The molecule has 2 heterocycles. The van der Waals surface area contributed by atoms with Gasteiger partial charge in [-0.05, 0) is 26.4 Å². The minimum absolute atomic E-state index is 0.298. The Hall–Kier alpha value is -1.14. The average Bonchev–Trinajstić information content (AvgIpc) is 2.88. The van der Waals surface area contributed by atoms with Crippen LogP contribution in [0.5, 0.6) is 0 Å². The minimum atomic E-state index is -0.903. The zero-order valence-corrected chi connectivity index (χ0v) is 10.9. The Kier molecular flexibility index (Phi) is 3.63. The number of carbonyl (C=O) groups is 1. The molecule has 1 saturated heterocycles. The zero-order chi connectivity index (χ0) is 12.4. The molecular weight excluding hydrogens is 238 g/mol. The van der Waals surface area contributed by atoms with Crippen LogP contribution in [0.15, 0.2) is 6.20 Å². The van der Waals surface area contributed by atoms with E-state index in [1.807, 2.05) is 11.9 Å². The van der Waals surface area contributed by atoms with Crippen LogP contribution in [0.4, 0.5) is 5.13 Å². The molecule has 2 rings (SSSR count). The molecule has 0 radical (unpaired) electrons. The highest BCUT2D eigenvalue weighted by Gasteiger charge is 2.23. The van der Waals surface area contributed by atoms with Crippen LogP contribution >= 0.6 is 11.3 Å². The first-order chi connectivity index (χ1) is 8.08. The fraction of sp³-hybridized carbons (Fsp3) is 0.636. The van der Waals surface area contributed by atoms with E-state index in [0.29, 0.717) is 10.9 Å². The van der Waals surface area contributed by atoms with Gasteiger partial charge in [-0.25, -0.2) is 9.78 Å². The normalized spacial score (nSPS) is 20.7. The number of thiazole rings is 1. The molecule has 1 fully saturated rings. The summed E-state index contributed by atoms with van der Waals surface area (Å²) in [5.74, 6) is -0.903. The van der Waals surface area contributed by atoms with Gasteiger partial charge in [-0.1, -0.05) is 11.3 Å². The van der Waals surface area contributed by atoms with E-state index < -0.39 is 5.97 Å². The summed E-state index contributed by atoms with van der Waals surface area (Å²) in [6, 6.07) is 0.553. The van der Waals surface area contributed by atoms with Crippen LogP contribution in [0.2, 0.25) is 0 Å². The van der Waals surface area contributed by atoms with Gasteiger partial charge in [-0.2, -0.15) is 0 Å². The maximum Gasteiger partial charge on any atom is 0.347 e. The van der Waals surface area contributed by atoms with Crippen LogP contribution in [-0.2, 0) is 0 Å². The van der Waals surface area contributed by atoms with Gasteiger partial charge in [0.2, 0.25) is 0 Å². The van der Waals surface area contributed by atoms with Crippen molar-refractivity contribution in [2.45, 2.75) is 18.9 Å². The molecule has 0 saturated carbocycles. The first-order valence-corrected chi connectivity index (χ1v) is 6.50. The highest BCUT2D eigenvalue weighted by molar-refractivity contribution is 7.17. The first-order valence-electron chi connectivity index (χ1n) is 5.68. The summed E-state index contributed by atoms with van der Waals surface area (Å²) in [6.07, 6.45) is 3.88. The van der Waals surface area contributed by atoms with Gasteiger partial charge in [-0.15, -0.1) is 0 Å². The molecule has 0 amide bonds. The number of aromatic nitrogens is 1. The lowest BCUT2D eigenvalue weighted by molar-refractivity contribution is 0.0702. The molecule has 0 aliphatic carbocycles. The van der Waals surface area contributed by atoms with E-state index in [1.165, 1.54) is 30.4 Å². The van der Waals surface area contributed by atoms with Gasteiger partial charge in [0.1, 0.15) is 4.88 Å². The third-order valence-corrected chi connectivity index (χ3v) is 4.29. The second-order valence-electron chi connectivity index (χ2n) is 4.47. The van der Waals surface area contributed by atoms with Crippen molar-refractivity contribution in [3.05, 3.63) is 11.1 Å². The highest BCUT2D eigenvalue weighted by atomic mass is 32.1. The molecule has 6 heteroatoms. The van der Waals surface area contributed by atoms with Gasteiger partial charge in [0.05, 0.1) is 6.20 Å². The molecule has 1 aliphatic rings. The fourth-order valence-electron chi connectivity index (χ4n) is 2.14. The SMILES string of the molecule is CN(CC1CCCN1C)c1ncc(C(=O)O)s1. The van der Waals surface area contributed by atoms with Gasteiger partial charge < -0.3 is 14.9 Å². The third-order valence-electron chi connectivity index (χ3n) is 3.19. The maximum absolute atomic E-state index is 10.8. The number of aromatic carboxylic acids is 1. The highest BCUT2D eigenvalue weighted by Crippen LogP contribution is 2.23. The number of likely N-dealkylation sites (N-methyl/N-ethyl adjacent to an activating group) is 2. The van der Waals surface area contributed by atoms with E-state index in [1.54, 1.807) is 0 Å². The summed E-state index contributed by atoms with van der Waals surface area (Å²) in [5, 5.41) is 9.63. The number of rotatable bonds is 4. The largest absolute Gasteiger partial charge is 0.477 e. The number of nitrogens with zero attached hydrogens (tertiary/aromatic N) is 3. The van der Waals surface area contributed by atoms with Crippen molar-refractivity contribution < 1.29 is 9.90 Å². The summed E-state index contributed by atoms with van der Waals surface area (Å²) in [5.41, 5.74) is 0. The van der Waals surface area contributed by atoms with Crippen LogP contribution in [0, 0.1) is 0 Å². The van der Waals surface area contributed by atoms with Crippen LogP contribution < -0.4 is 4.90 Å². The molecule has 1 aromatic heterocycles. The fourth-order valence-corrected chi connectivity index (χ4v) is 2.87. The molecule has 1 N–H and O–H groups in total. The van der Waals surface area contributed by atoms with E-state index in [0.717, 1.165) is 18.2 Å². The monoisotopic (exact) mass is 255 g/mol. The van der Waals surface area contributed by atoms with Gasteiger partial charge in [0.25, 0.3) is 0 Å². The lowest BCUT2D eigenvalue weighted by Gasteiger charge is -2.25. The molecule has 0 aromatic carbocycles. The molecular formula is C11H17N3O2S. The van der Waals surface area contributed by atoms with Crippen LogP contribution in [0.3, 0.4) is 0 Å². The molecule has 5 nitrogen and oxygen atoms in total. The van der Waals surface area contributed by atoms with Gasteiger partial charge in [-0.3, -0.25) is 0 Å². The first kappa shape index (κ1) is 12.3. The number of hydrogen-bond acceptors (Lipinski definition) is 5. The number of carboxylic acid groups (broad SMARTS) is 1. The Bertz CT molecular complexity index is 407. The molecule has 1 unspecified atom stereocenters. The Morgan fingerprint density at radius 3 is 3.06 bits per heavy atom. The van der Waals surface area contributed by atoms with Crippen molar-refractivity contribution in [3.63, 3.8) is 0 Å². The maximum atomic E-state index is 10.8. The van der Waals surface area contributed by atoms with Gasteiger partial charge in [0.15, 0.2) is 5.13 Å². The van der Waals surface area contributed by atoms with Crippen molar-refractivity contribution in [3.8, 4) is 0 Å². The molecule has 0 bridgehead atoms. The third kappa shape index (κ3) is 2.76. The molecule has 1 aromatic rings. The van der Waals surface area contributed by atoms with Crippen molar-refractivity contribution in [2.75, 3.05) is 32.1 Å². The standard InChI is InChI=1S/C11H17N3O2S/c1-13-5-3-4-8(13)7-14(2)11-12-6-9(17-11)10(15)16/h6,8H,3-5,7H2,1-2H3,(H,15,16). The van der Waals surface area contributed by atoms with E-state index in [-0.39, 0.29) is 0 Å². The second kappa shape index (κ2) is 5.01. The van der Waals surface area contributed by atoms with Crippen molar-refractivity contribution in [2.24, 2.45) is 0 Å². The number of anilines is 1. The topological polar surface area (TPSA) is 56.7 Å². The van der Waals surface area contributed by atoms with Crippen LogP contribution in [0.1, 0.15) is 22.5 Å². The second-order valence-corrected chi connectivity index (χ2v) is 5.48. The summed E-state index contributed by atoms with van der Waals surface area (Å²) in [6.45, 7) is 2.06. The lowest BCUT2D eigenvalue weighted by Crippen LogP contribution is -2.36. The van der Waals surface area contributed by atoms with Crippen LogP contribution in [0.25, 0.3) is 0 Å². The smallest absolute Gasteiger partial charge is 0.347 e. The predicted octanol–water partition coefficient (Wildman–Crippen LogP) is 1.37. The van der Waals surface area contributed by atoms with E-state index in [2.05, 4.69) is 16.9 Å². The summed E-state index contributed by atoms with van der Waals surface area (Å²) in [7, 11) is 4.10. The van der Waals surface area contributed by atoms with E-state index in [9.17, 15) is 4.79 Å². The molecule has 1 atom stereocenters. The minimum Gasteiger partial charge on any atom is -0.477 e. The van der Waals surface area contributed by atoms with Crippen LogP contribution in [-0.4, -0.2) is 54.2 Å². The molecule has 94 valence electrons.